The zero-order valence-electron chi connectivity index (χ0n) is 8.42. The third-order valence-electron chi connectivity index (χ3n) is 1.34. The first-order chi connectivity index (χ1) is 5.88. The largest absolute Gasteiger partial charge is 0.272 e. The maximum atomic E-state index is 11.0. The first-order valence-electron chi connectivity index (χ1n) is 4.14. The van der Waals surface area contributed by atoms with Gasteiger partial charge in [-0.05, 0) is 20.8 Å². The first-order valence-corrected chi connectivity index (χ1v) is 5.13. The number of amides is 1. The summed E-state index contributed by atoms with van der Waals surface area (Å²) < 4.78 is 0. The van der Waals surface area contributed by atoms with E-state index in [1.54, 1.807) is 12.1 Å². The Hall–Kier alpha value is -0.710. The summed E-state index contributed by atoms with van der Waals surface area (Å²) in [6.45, 7) is 6.10. The van der Waals surface area contributed by atoms with E-state index in [9.17, 15) is 4.79 Å². The van der Waals surface area contributed by atoms with Crippen LogP contribution in [-0.4, -0.2) is 34.4 Å². The van der Waals surface area contributed by atoms with Crippen molar-refractivity contribution in [3.05, 3.63) is 0 Å². The van der Waals surface area contributed by atoms with Gasteiger partial charge in [-0.2, -0.15) is 0 Å². The van der Waals surface area contributed by atoms with Crippen LogP contribution < -0.4 is 5.43 Å². The maximum Gasteiger partial charge on any atom is 0.249 e. The second-order valence-corrected chi connectivity index (χ2v) is 4.89. The molecule has 0 unspecified atom stereocenters. The number of hydrogen-bond acceptors (Lipinski definition) is 3. The highest BCUT2D eigenvalue weighted by molar-refractivity contribution is 8.14. The summed E-state index contributed by atoms with van der Waals surface area (Å²) in [7, 11) is 1.80. The highest BCUT2D eigenvalue weighted by Gasteiger charge is 2.20. The number of thioether (sulfide) groups is 1. The Morgan fingerprint density at radius 1 is 1.54 bits per heavy atom. The Labute approximate surface area is 82.7 Å². The highest BCUT2D eigenvalue weighted by Crippen LogP contribution is 2.16. The highest BCUT2D eigenvalue weighted by atomic mass is 32.2. The van der Waals surface area contributed by atoms with Crippen LogP contribution in [0.2, 0.25) is 0 Å². The molecule has 1 heterocycles. The number of hydrogen-bond donors (Lipinski definition) is 1. The van der Waals surface area contributed by atoms with Gasteiger partial charge in [-0.1, -0.05) is 11.8 Å². The molecule has 4 nitrogen and oxygen atoms in total. The molecule has 0 radical (unpaired) electrons. The fourth-order valence-electron chi connectivity index (χ4n) is 0.888. The molecule has 0 aliphatic carbocycles. The quantitative estimate of drug-likeness (QED) is 0.632. The van der Waals surface area contributed by atoms with Gasteiger partial charge < -0.3 is 0 Å². The number of amidine groups is 1. The molecule has 0 atom stereocenters. The van der Waals surface area contributed by atoms with Crippen molar-refractivity contribution in [1.82, 2.24) is 10.4 Å². The number of rotatable bonds is 0. The summed E-state index contributed by atoms with van der Waals surface area (Å²) >= 11 is 1.47. The van der Waals surface area contributed by atoms with Gasteiger partial charge in [0.25, 0.3) is 0 Å². The summed E-state index contributed by atoms with van der Waals surface area (Å²) in [6.07, 6.45) is 0. The summed E-state index contributed by atoms with van der Waals surface area (Å²) in [5.41, 5.74) is 2.60. The molecule has 0 aromatic rings. The van der Waals surface area contributed by atoms with Crippen molar-refractivity contribution in [2.24, 2.45) is 4.99 Å². The maximum absolute atomic E-state index is 11.0. The van der Waals surface area contributed by atoms with E-state index >= 15 is 0 Å². The molecular formula is C8H15N3OS. The van der Waals surface area contributed by atoms with Crippen molar-refractivity contribution in [2.75, 3.05) is 12.8 Å². The van der Waals surface area contributed by atoms with Crippen LogP contribution in [0.25, 0.3) is 0 Å². The standard InChI is InChI=1S/C8H15N3OS/c1-8(2,3)9-7-11(4)10-6(12)5-13-7/h5H2,1-4H3,(H,10,12). The Morgan fingerprint density at radius 3 is 2.62 bits per heavy atom. The van der Waals surface area contributed by atoms with Crippen LogP contribution in [-0.2, 0) is 4.79 Å². The van der Waals surface area contributed by atoms with Crippen LogP contribution in [0.5, 0.6) is 0 Å². The van der Waals surface area contributed by atoms with Gasteiger partial charge in [0.1, 0.15) is 0 Å². The van der Waals surface area contributed by atoms with Crippen LogP contribution >= 0.6 is 11.8 Å². The lowest BCUT2D eigenvalue weighted by Crippen LogP contribution is -2.48. The van der Waals surface area contributed by atoms with E-state index in [2.05, 4.69) is 10.4 Å². The third kappa shape index (κ3) is 3.26. The average Bonchev–Trinajstić information content (AvgIpc) is 1.93. The van der Waals surface area contributed by atoms with E-state index in [-0.39, 0.29) is 11.4 Å². The zero-order valence-corrected chi connectivity index (χ0v) is 9.23. The minimum absolute atomic E-state index is 0.0281. The number of carbonyl (C=O) groups excluding carboxylic acids is 1. The second-order valence-electron chi connectivity index (χ2n) is 3.95. The van der Waals surface area contributed by atoms with Gasteiger partial charge in [0, 0.05) is 7.05 Å². The molecule has 1 rings (SSSR count). The molecule has 0 saturated carbocycles. The van der Waals surface area contributed by atoms with E-state index < -0.39 is 0 Å². The molecule has 1 fully saturated rings. The molecule has 0 bridgehead atoms. The zero-order chi connectivity index (χ0) is 10.1. The molecule has 5 heteroatoms. The topological polar surface area (TPSA) is 44.7 Å². The Balaban J connectivity index is 2.71. The fraction of sp³-hybridized carbons (Fsp3) is 0.750. The normalized spacial score (nSPS) is 22.0. The van der Waals surface area contributed by atoms with Crippen LogP contribution in [0.3, 0.4) is 0 Å². The van der Waals surface area contributed by atoms with E-state index in [1.165, 1.54) is 11.8 Å². The Kier molecular flexibility index (Phi) is 2.85. The lowest BCUT2D eigenvalue weighted by molar-refractivity contribution is -0.121. The molecule has 1 aliphatic rings. The van der Waals surface area contributed by atoms with Gasteiger partial charge >= 0.3 is 0 Å². The Bertz CT molecular complexity index is 244. The van der Waals surface area contributed by atoms with Crippen molar-refractivity contribution >= 4 is 22.8 Å². The average molecular weight is 201 g/mol. The van der Waals surface area contributed by atoms with Crippen molar-refractivity contribution in [1.29, 1.82) is 0 Å². The lowest BCUT2D eigenvalue weighted by atomic mass is 10.1. The first kappa shape index (κ1) is 10.4. The minimum atomic E-state index is -0.0986. The number of nitrogens with one attached hydrogen (secondary N) is 1. The van der Waals surface area contributed by atoms with Gasteiger partial charge in [-0.3, -0.25) is 20.2 Å². The van der Waals surface area contributed by atoms with E-state index in [0.717, 1.165) is 5.17 Å². The molecular weight excluding hydrogens is 186 g/mol. The van der Waals surface area contributed by atoms with Crippen LogP contribution in [0.4, 0.5) is 0 Å². The lowest BCUT2D eigenvalue weighted by Gasteiger charge is -2.28. The minimum Gasteiger partial charge on any atom is -0.272 e. The fourth-order valence-corrected chi connectivity index (χ4v) is 1.79. The van der Waals surface area contributed by atoms with E-state index in [1.807, 2.05) is 20.8 Å². The van der Waals surface area contributed by atoms with Crippen LogP contribution in [0, 0.1) is 0 Å². The third-order valence-corrected chi connectivity index (χ3v) is 2.37. The van der Waals surface area contributed by atoms with E-state index in [4.69, 9.17) is 0 Å². The predicted octanol–water partition coefficient (Wildman–Crippen LogP) is 0.851. The Morgan fingerprint density at radius 2 is 2.15 bits per heavy atom. The molecule has 0 spiro atoms. The smallest absolute Gasteiger partial charge is 0.249 e. The number of hydrazine groups is 1. The molecule has 74 valence electrons. The summed E-state index contributed by atoms with van der Waals surface area (Å²) in [5, 5.41) is 2.54. The van der Waals surface area contributed by atoms with Gasteiger partial charge in [0.15, 0.2) is 5.17 Å². The number of aliphatic imine (C=N–C) groups is 1. The molecule has 13 heavy (non-hydrogen) atoms. The van der Waals surface area contributed by atoms with Gasteiger partial charge in [0.05, 0.1) is 11.3 Å². The molecule has 1 aliphatic heterocycles. The molecule has 1 N–H and O–H groups in total. The number of nitrogens with zero attached hydrogens (tertiary/aromatic N) is 2. The molecule has 0 aromatic heterocycles. The second kappa shape index (κ2) is 3.57. The van der Waals surface area contributed by atoms with E-state index in [0.29, 0.717) is 5.75 Å². The monoisotopic (exact) mass is 201 g/mol. The summed E-state index contributed by atoms with van der Waals surface area (Å²) in [5.74, 6) is 0.486. The molecule has 1 saturated heterocycles. The summed E-state index contributed by atoms with van der Waals surface area (Å²) in [6, 6.07) is 0. The van der Waals surface area contributed by atoms with Crippen LogP contribution in [0.1, 0.15) is 20.8 Å². The van der Waals surface area contributed by atoms with Crippen molar-refractivity contribution in [3.8, 4) is 0 Å². The van der Waals surface area contributed by atoms with Crippen molar-refractivity contribution in [3.63, 3.8) is 0 Å². The SMILES string of the molecule is CN1NC(=O)CSC1=NC(C)(C)C. The van der Waals surface area contributed by atoms with Crippen molar-refractivity contribution in [2.45, 2.75) is 26.3 Å². The molecule has 0 aromatic carbocycles. The number of carbonyl (C=O) groups is 1. The van der Waals surface area contributed by atoms with Gasteiger partial charge in [-0.15, -0.1) is 0 Å². The predicted molar refractivity (Wildman–Crippen MR) is 55.6 cm³/mol. The molecule has 1 amide bonds. The summed E-state index contributed by atoms with van der Waals surface area (Å²) in [4.78, 5) is 15.4. The van der Waals surface area contributed by atoms with Crippen LogP contribution in [0.15, 0.2) is 4.99 Å². The van der Waals surface area contributed by atoms with Gasteiger partial charge in [0.2, 0.25) is 5.91 Å². The van der Waals surface area contributed by atoms with Crippen molar-refractivity contribution < 1.29 is 4.79 Å². The van der Waals surface area contributed by atoms with Gasteiger partial charge in [-0.25, -0.2) is 0 Å².